The molecule has 3 rings (SSSR count). The van der Waals surface area contributed by atoms with Crippen molar-refractivity contribution in [1.82, 2.24) is 4.31 Å². The number of carboxylic acid groups (broad SMARTS) is 1. The maximum absolute atomic E-state index is 13.0. The average Bonchev–Trinajstić information content (AvgIpc) is 3.02. The summed E-state index contributed by atoms with van der Waals surface area (Å²) in [4.78, 5) is 11.8. The van der Waals surface area contributed by atoms with Gasteiger partial charge < -0.3 is 5.11 Å². The minimum Gasteiger partial charge on any atom is -0.481 e. The molecule has 1 aliphatic heterocycles. The number of hydrogen-bond acceptors (Lipinski definition) is 3. The first-order chi connectivity index (χ1) is 11.4. The summed E-state index contributed by atoms with van der Waals surface area (Å²) in [6.07, 6.45) is 0.305. The second-order valence-corrected chi connectivity index (χ2v) is 7.91. The van der Waals surface area contributed by atoms with E-state index in [4.69, 9.17) is 0 Å². The van der Waals surface area contributed by atoms with Crippen LogP contribution in [0.1, 0.15) is 23.6 Å². The Morgan fingerprint density at radius 2 is 1.71 bits per heavy atom. The van der Waals surface area contributed by atoms with Gasteiger partial charge in [0.25, 0.3) is 0 Å². The number of aliphatic carboxylic acids is 1. The Kier molecular flexibility index (Phi) is 4.43. The molecule has 2 aromatic carbocycles. The Bertz CT molecular complexity index is 831. The summed E-state index contributed by atoms with van der Waals surface area (Å²) in [6, 6.07) is 14.8. The maximum Gasteiger partial charge on any atom is 0.308 e. The summed E-state index contributed by atoms with van der Waals surface area (Å²) in [5.41, 5.74) is 1.76. The third kappa shape index (κ3) is 2.95. The van der Waals surface area contributed by atoms with E-state index in [1.807, 2.05) is 31.2 Å². The van der Waals surface area contributed by atoms with Gasteiger partial charge in [-0.2, -0.15) is 4.31 Å². The number of carboxylic acids is 1. The molecule has 24 heavy (non-hydrogen) atoms. The summed E-state index contributed by atoms with van der Waals surface area (Å²) in [5, 5.41) is 9.53. The van der Waals surface area contributed by atoms with Gasteiger partial charge in [0.1, 0.15) is 0 Å². The maximum atomic E-state index is 13.0. The lowest BCUT2D eigenvalue weighted by molar-refractivity contribution is -0.142. The van der Waals surface area contributed by atoms with Crippen molar-refractivity contribution in [3.63, 3.8) is 0 Å². The molecular formula is C18H19NO4S. The van der Waals surface area contributed by atoms with Crippen molar-refractivity contribution in [1.29, 1.82) is 0 Å². The van der Waals surface area contributed by atoms with Gasteiger partial charge in [-0.25, -0.2) is 8.42 Å². The number of rotatable bonds is 4. The zero-order valence-electron chi connectivity index (χ0n) is 13.3. The van der Waals surface area contributed by atoms with E-state index >= 15 is 0 Å². The molecule has 0 unspecified atom stereocenters. The number of nitrogens with zero attached hydrogens (tertiary/aromatic N) is 1. The van der Waals surface area contributed by atoms with Crippen molar-refractivity contribution in [3.05, 3.63) is 65.7 Å². The number of carbonyl (C=O) groups is 1. The largest absolute Gasteiger partial charge is 0.481 e. The van der Waals surface area contributed by atoms with E-state index in [1.54, 1.807) is 18.2 Å². The molecule has 2 aromatic rings. The zero-order chi connectivity index (χ0) is 17.3. The van der Waals surface area contributed by atoms with Gasteiger partial charge in [-0.1, -0.05) is 48.0 Å². The van der Waals surface area contributed by atoms with Gasteiger partial charge >= 0.3 is 5.97 Å². The van der Waals surface area contributed by atoms with Crippen LogP contribution < -0.4 is 0 Å². The minimum absolute atomic E-state index is 0.188. The van der Waals surface area contributed by atoms with E-state index in [2.05, 4.69) is 0 Å². The molecule has 1 aliphatic rings. The van der Waals surface area contributed by atoms with E-state index in [-0.39, 0.29) is 11.4 Å². The highest BCUT2D eigenvalue weighted by atomic mass is 32.2. The molecule has 1 fully saturated rings. The SMILES string of the molecule is Cc1ccc([C@@H]2[C@H](C(=O)O)CCN2S(=O)(=O)c2ccccc2)cc1. The Balaban J connectivity index is 2.06. The molecule has 0 aromatic heterocycles. The predicted molar refractivity (Wildman–Crippen MR) is 90.0 cm³/mol. The van der Waals surface area contributed by atoms with Crippen LogP contribution >= 0.6 is 0 Å². The normalized spacial score (nSPS) is 21.7. The van der Waals surface area contributed by atoms with E-state index in [0.717, 1.165) is 5.56 Å². The van der Waals surface area contributed by atoms with Crippen LogP contribution in [0.3, 0.4) is 0 Å². The van der Waals surface area contributed by atoms with Crippen LogP contribution in [-0.4, -0.2) is 30.3 Å². The number of benzene rings is 2. The summed E-state index contributed by atoms with van der Waals surface area (Å²) < 4.78 is 27.3. The van der Waals surface area contributed by atoms with E-state index < -0.39 is 28.0 Å². The van der Waals surface area contributed by atoms with Crippen molar-refractivity contribution in [2.45, 2.75) is 24.3 Å². The molecule has 1 N–H and O–H groups in total. The van der Waals surface area contributed by atoms with Crippen LogP contribution in [0.15, 0.2) is 59.5 Å². The summed E-state index contributed by atoms with van der Waals surface area (Å²) in [6.45, 7) is 2.14. The van der Waals surface area contributed by atoms with Gasteiger partial charge in [-0.05, 0) is 31.0 Å². The fraction of sp³-hybridized carbons (Fsp3) is 0.278. The highest BCUT2D eigenvalue weighted by Gasteiger charge is 2.45. The lowest BCUT2D eigenvalue weighted by Gasteiger charge is -2.26. The van der Waals surface area contributed by atoms with Crippen LogP contribution in [0.4, 0.5) is 0 Å². The highest BCUT2D eigenvalue weighted by molar-refractivity contribution is 7.89. The van der Waals surface area contributed by atoms with Gasteiger partial charge in [0.15, 0.2) is 0 Å². The van der Waals surface area contributed by atoms with Crippen molar-refractivity contribution in [2.75, 3.05) is 6.54 Å². The molecule has 0 bridgehead atoms. The first kappa shape index (κ1) is 16.7. The predicted octanol–water partition coefficient (Wildman–Crippen LogP) is 2.83. The molecule has 0 spiro atoms. The van der Waals surface area contributed by atoms with Gasteiger partial charge in [-0.15, -0.1) is 0 Å². The third-order valence-corrected chi connectivity index (χ3v) is 6.33. The Labute approximate surface area is 141 Å². The van der Waals surface area contributed by atoms with Gasteiger partial charge in [0.05, 0.1) is 16.9 Å². The summed E-state index contributed by atoms with van der Waals surface area (Å²) in [5.74, 6) is -1.71. The van der Waals surface area contributed by atoms with Gasteiger partial charge in [0.2, 0.25) is 10.0 Å². The quantitative estimate of drug-likeness (QED) is 0.925. The molecule has 0 saturated carbocycles. The average molecular weight is 345 g/mol. The third-order valence-electron chi connectivity index (χ3n) is 4.44. The fourth-order valence-corrected chi connectivity index (χ4v) is 4.87. The number of aryl methyl sites for hydroxylation is 1. The molecule has 6 heteroatoms. The topological polar surface area (TPSA) is 74.7 Å². The lowest BCUT2D eigenvalue weighted by atomic mass is 9.94. The van der Waals surface area contributed by atoms with Crippen molar-refractivity contribution < 1.29 is 18.3 Å². The lowest BCUT2D eigenvalue weighted by Crippen LogP contribution is -2.33. The minimum atomic E-state index is -3.74. The Hall–Kier alpha value is -2.18. The first-order valence-corrected chi connectivity index (χ1v) is 9.21. The smallest absolute Gasteiger partial charge is 0.308 e. The van der Waals surface area contributed by atoms with Crippen LogP contribution in [-0.2, 0) is 14.8 Å². The molecule has 0 amide bonds. The second-order valence-electron chi connectivity index (χ2n) is 6.02. The summed E-state index contributed by atoms with van der Waals surface area (Å²) >= 11 is 0. The van der Waals surface area contributed by atoms with Crippen molar-refractivity contribution in [2.24, 2.45) is 5.92 Å². The molecule has 0 aliphatic carbocycles. The zero-order valence-corrected chi connectivity index (χ0v) is 14.1. The Morgan fingerprint density at radius 1 is 1.08 bits per heavy atom. The number of sulfonamides is 1. The van der Waals surface area contributed by atoms with Crippen molar-refractivity contribution in [3.8, 4) is 0 Å². The van der Waals surface area contributed by atoms with Crippen LogP contribution in [0.2, 0.25) is 0 Å². The van der Waals surface area contributed by atoms with E-state index in [0.29, 0.717) is 12.0 Å². The second kappa shape index (κ2) is 6.37. The Morgan fingerprint density at radius 3 is 2.29 bits per heavy atom. The molecule has 2 atom stereocenters. The fourth-order valence-electron chi connectivity index (χ4n) is 3.18. The molecule has 126 valence electrons. The highest BCUT2D eigenvalue weighted by Crippen LogP contribution is 2.41. The van der Waals surface area contributed by atoms with E-state index in [1.165, 1.54) is 16.4 Å². The standard InChI is InChI=1S/C18H19NO4S/c1-13-7-9-14(10-8-13)17-16(18(20)21)11-12-19(17)24(22,23)15-5-3-2-4-6-15/h2-10,16-17H,11-12H2,1H3,(H,20,21)/t16-,17-/m1/s1. The van der Waals surface area contributed by atoms with Crippen LogP contribution in [0, 0.1) is 12.8 Å². The van der Waals surface area contributed by atoms with E-state index in [9.17, 15) is 18.3 Å². The number of hydrogen-bond donors (Lipinski definition) is 1. The molecule has 1 saturated heterocycles. The molecule has 1 heterocycles. The summed E-state index contributed by atoms with van der Waals surface area (Å²) in [7, 11) is -3.74. The van der Waals surface area contributed by atoms with Crippen LogP contribution in [0.5, 0.6) is 0 Å². The van der Waals surface area contributed by atoms with Crippen LogP contribution in [0.25, 0.3) is 0 Å². The molecule has 5 nitrogen and oxygen atoms in total. The van der Waals surface area contributed by atoms with Crippen molar-refractivity contribution >= 4 is 16.0 Å². The first-order valence-electron chi connectivity index (χ1n) is 7.77. The van der Waals surface area contributed by atoms with Gasteiger partial charge in [-0.3, -0.25) is 4.79 Å². The monoisotopic (exact) mass is 345 g/mol. The molecule has 0 radical (unpaired) electrons. The molecular weight excluding hydrogens is 326 g/mol. The van der Waals surface area contributed by atoms with Gasteiger partial charge in [0, 0.05) is 6.54 Å².